The Morgan fingerprint density at radius 2 is 2.06 bits per heavy atom. The smallest absolute Gasteiger partial charge is 0.234 e. The molecule has 17 heavy (non-hydrogen) atoms. The highest BCUT2D eigenvalue weighted by Crippen LogP contribution is 2.24. The monoisotopic (exact) mass is 268 g/mol. The number of rotatable bonds is 3. The quantitative estimate of drug-likeness (QED) is 0.857. The van der Waals surface area contributed by atoms with E-state index in [0.717, 1.165) is 5.69 Å². The molecule has 0 aliphatic heterocycles. The van der Waals surface area contributed by atoms with Crippen LogP contribution in [0.2, 0.25) is 10.3 Å². The van der Waals surface area contributed by atoms with Crippen LogP contribution in [0.3, 0.4) is 0 Å². The van der Waals surface area contributed by atoms with Gasteiger partial charge in [0.25, 0.3) is 0 Å². The number of aromatic nitrogens is 3. The van der Waals surface area contributed by atoms with E-state index in [1.165, 1.54) is 6.33 Å². The lowest BCUT2D eigenvalue weighted by molar-refractivity contribution is 0.920. The van der Waals surface area contributed by atoms with Gasteiger partial charge < -0.3 is 4.90 Å². The number of benzene rings is 1. The SMILES string of the molecule is CCN(c1cccc(Cl)c1)c1ncnc(Cl)n1. The summed E-state index contributed by atoms with van der Waals surface area (Å²) in [5.41, 5.74) is 0.919. The van der Waals surface area contributed by atoms with Crippen LogP contribution in [0.1, 0.15) is 6.92 Å². The molecule has 4 nitrogen and oxygen atoms in total. The lowest BCUT2D eigenvalue weighted by Gasteiger charge is -2.20. The first-order chi connectivity index (χ1) is 8.20. The van der Waals surface area contributed by atoms with E-state index in [-0.39, 0.29) is 5.28 Å². The Morgan fingerprint density at radius 3 is 2.71 bits per heavy atom. The van der Waals surface area contributed by atoms with E-state index in [2.05, 4.69) is 15.0 Å². The fourth-order valence-corrected chi connectivity index (χ4v) is 1.79. The lowest BCUT2D eigenvalue weighted by atomic mass is 10.3. The highest BCUT2D eigenvalue weighted by atomic mass is 35.5. The van der Waals surface area contributed by atoms with Gasteiger partial charge in [0, 0.05) is 17.3 Å². The molecule has 0 bridgehead atoms. The molecule has 0 fully saturated rings. The Hall–Kier alpha value is -1.39. The van der Waals surface area contributed by atoms with E-state index in [0.29, 0.717) is 17.5 Å². The lowest BCUT2D eigenvalue weighted by Crippen LogP contribution is -2.18. The zero-order valence-corrected chi connectivity index (χ0v) is 10.7. The van der Waals surface area contributed by atoms with Crippen LogP contribution in [0.15, 0.2) is 30.6 Å². The third-order valence-corrected chi connectivity index (χ3v) is 2.62. The van der Waals surface area contributed by atoms with E-state index in [1.54, 1.807) is 0 Å². The normalized spacial score (nSPS) is 10.3. The molecule has 0 spiro atoms. The summed E-state index contributed by atoms with van der Waals surface area (Å²) in [5.74, 6) is 0.509. The third-order valence-electron chi connectivity index (χ3n) is 2.21. The summed E-state index contributed by atoms with van der Waals surface area (Å²) in [6.45, 7) is 2.71. The summed E-state index contributed by atoms with van der Waals surface area (Å²) in [7, 11) is 0. The second-order valence-corrected chi connectivity index (χ2v) is 4.05. The number of halogens is 2. The van der Waals surface area contributed by atoms with Gasteiger partial charge in [-0.3, -0.25) is 0 Å². The Kier molecular flexibility index (Phi) is 3.76. The molecule has 88 valence electrons. The molecule has 6 heteroatoms. The maximum atomic E-state index is 5.96. The van der Waals surface area contributed by atoms with Gasteiger partial charge in [-0.15, -0.1) is 0 Å². The first-order valence-electron chi connectivity index (χ1n) is 5.08. The number of anilines is 2. The van der Waals surface area contributed by atoms with E-state index in [9.17, 15) is 0 Å². The molecule has 0 saturated heterocycles. The van der Waals surface area contributed by atoms with Gasteiger partial charge in [-0.25, -0.2) is 9.97 Å². The summed E-state index contributed by atoms with van der Waals surface area (Å²) in [5, 5.41) is 0.844. The zero-order valence-electron chi connectivity index (χ0n) is 9.14. The zero-order chi connectivity index (χ0) is 12.3. The number of nitrogens with zero attached hydrogens (tertiary/aromatic N) is 4. The van der Waals surface area contributed by atoms with E-state index in [4.69, 9.17) is 23.2 Å². The third kappa shape index (κ3) is 2.84. The predicted molar refractivity (Wildman–Crippen MR) is 69.0 cm³/mol. The molecule has 0 radical (unpaired) electrons. The summed E-state index contributed by atoms with van der Waals surface area (Å²) in [4.78, 5) is 13.8. The molecule has 1 heterocycles. The fraction of sp³-hybridized carbons (Fsp3) is 0.182. The fourth-order valence-electron chi connectivity index (χ4n) is 1.48. The molecule has 0 saturated carbocycles. The van der Waals surface area contributed by atoms with Crippen LogP contribution in [0.5, 0.6) is 0 Å². The Morgan fingerprint density at radius 1 is 1.24 bits per heavy atom. The molecule has 0 unspecified atom stereocenters. The van der Waals surface area contributed by atoms with Gasteiger partial charge in [-0.1, -0.05) is 17.7 Å². The first kappa shape index (κ1) is 12.1. The highest BCUT2D eigenvalue weighted by molar-refractivity contribution is 6.30. The van der Waals surface area contributed by atoms with Crippen molar-refractivity contribution in [1.29, 1.82) is 0 Å². The van der Waals surface area contributed by atoms with Gasteiger partial charge >= 0.3 is 0 Å². The van der Waals surface area contributed by atoms with Crippen molar-refractivity contribution in [3.8, 4) is 0 Å². The topological polar surface area (TPSA) is 41.9 Å². The summed E-state index contributed by atoms with van der Waals surface area (Å²) in [6, 6.07) is 7.48. The summed E-state index contributed by atoms with van der Waals surface area (Å²) < 4.78 is 0. The van der Waals surface area contributed by atoms with Crippen molar-refractivity contribution in [2.24, 2.45) is 0 Å². The predicted octanol–water partition coefficient (Wildman–Crippen LogP) is 3.34. The van der Waals surface area contributed by atoms with Crippen molar-refractivity contribution in [3.05, 3.63) is 40.9 Å². The second-order valence-electron chi connectivity index (χ2n) is 3.28. The molecular formula is C11H10Cl2N4. The second kappa shape index (κ2) is 5.29. The maximum absolute atomic E-state index is 5.96. The molecule has 0 N–H and O–H groups in total. The molecule has 0 atom stereocenters. The Labute approximate surface area is 109 Å². The standard InChI is InChI=1S/C11H10Cl2N4/c1-2-17(9-5-3-4-8(12)6-9)11-15-7-14-10(13)16-11/h3-7H,2H2,1H3. The van der Waals surface area contributed by atoms with Crippen molar-refractivity contribution >= 4 is 34.8 Å². The van der Waals surface area contributed by atoms with Crippen LogP contribution in [-0.4, -0.2) is 21.5 Å². The van der Waals surface area contributed by atoms with Gasteiger partial charge in [0.15, 0.2) is 0 Å². The molecule has 0 aliphatic rings. The van der Waals surface area contributed by atoms with Gasteiger partial charge in [0.05, 0.1) is 0 Å². The van der Waals surface area contributed by atoms with Crippen molar-refractivity contribution < 1.29 is 0 Å². The van der Waals surface area contributed by atoms with Crippen LogP contribution >= 0.6 is 23.2 Å². The van der Waals surface area contributed by atoms with Crippen LogP contribution in [0.4, 0.5) is 11.6 Å². The van der Waals surface area contributed by atoms with Gasteiger partial charge in [-0.05, 0) is 36.7 Å². The van der Waals surface area contributed by atoms with Crippen molar-refractivity contribution in [3.63, 3.8) is 0 Å². The number of hydrogen-bond acceptors (Lipinski definition) is 4. The minimum Gasteiger partial charge on any atom is -0.311 e. The molecule has 2 aromatic rings. The van der Waals surface area contributed by atoms with Crippen LogP contribution in [0, 0.1) is 0 Å². The van der Waals surface area contributed by atoms with Crippen molar-refractivity contribution in [2.75, 3.05) is 11.4 Å². The van der Waals surface area contributed by atoms with Gasteiger partial charge in [-0.2, -0.15) is 4.98 Å². The molecule has 1 aromatic carbocycles. The van der Waals surface area contributed by atoms with Crippen LogP contribution in [-0.2, 0) is 0 Å². The first-order valence-corrected chi connectivity index (χ1v) is 5.84. The maximum Gasteiger partial charge on any atom is 0.234 e. The number of hydrogen-bond donors (Lipinski definition) is 0. The van der Waals surface area contributed by atoms with Crippen molar-refractivity contribution in [2.45, 2.75) is 6.92 Å². The molecule has 0 amide bonds. The van der Waals surface area contributed by atoms with Crippen LogP contribution in [0.25, 0.3) is 0 Å². The van der Waals surface area contributed by atoms with E-state index < -0.39 is 0 Å². The van der Waals surface area contributed by atoms with E-state index >= 15 is 0 Å². The van der Waals surface area contributed by atoms with E-state index in [1.807, 2.05) is 36.1 Å². The highest BCUT2D eigenvalue weighted by Gasteiger charge is 2.11. The Bertz CT molecular complexity index is 473. The summed E-state index contributed by atoms with van der Waals surface area (Å²) >= 11 is 11.7. The van der Waals surface area contributed by atoms with Crippen LogP contribution < -0.4 is 4.90 Å². The van der Waals surface area contributed by atoms with Gasteiger partial charge in [0.2, 0.25) is 11.2 Å². The minimum atomic E-state index is 0.176. The molecule has 1 aromatic heterocycles. The average molecular weight is 269 g/mol. The average Bonchev–Trinajstić information content (AvgIpc) is 2.30. The largest absolute Gasteiger partial charge is 0.311 e. The van der Waals surface area contributed by atoms with Crippen molar-refractivity contribution in [1.82, 2.24) is 15.0 Å². The minimum absolute atomic E-state index is 0.176. The Balaban J connectivity index is 2.40. The molecule has 2 rings (SSSR count). The summed E-state index contributed by atoms with van der Waals surface area (Å²) in [6.07, 6.45) is 1.39. The van der Waals surface area contributed by atoms with Gasteiger partial charge in [0.1, 0.15) is 6.33 Å². The molecular weight excluding hydrogens is 259 g/mol. The molecule has 0 aliphatic carbocycles.